The summed E-state index contributed by atoms with van der Waals surface area (Å²) < 4.78 is 34.8. The highest BCUT2D eigenvalue weighted by atomic mass is 31.2. The van der Waals surface area contributed by atoms with Crippen molar-refractivity contribution in [2.75, 3.05) is 47.5 Å². The Hall–Kier alpha value is -4.63. The SMILES string of the molecule is CC/C=C\C/C=C\C/C=C\C/C=C\C/C=C\C/C=C\C/C=C\C/C=C\C/C=C\CCCCCCCCCC(=O)OC(COC(=O)CCCCCCCCCCCCCCCCCCCCCCCCCCC/C=C\C/C=C\C/C=C\C/C=C\C/C=C\CC)COP(=O)(O)OCC[N+](C)(C)C. The Balaban J connectivity index is 3.99. The maximum absolute atomic E-state index is 12.9. The van der Waals surface area contributed by atoms with Crippen molar-refractivity contribution in [2.45, 2.75) is 341 Å². The monoisotopic (exact) mass is 1410 g/mol. The van der Waals surface area contributed by atoms with Crippen LogP contribution in [0.4, 0.5) is 0 Å². The minimum absolute atomic E-state index is 0.0233. The van der Waals surface area contributed by atoms with Gasteiger partial charge in [0.05, 0.1) is 27.7 Å². The molecule has 0 saturated heterocycles. The van der Waals surface area contributed by atoms with Gasteiger partial charge in [0, 0.05) is 12.8 Å². The first-order chi connectivity index (χ1) is 49.0. The van der Waals surface area contributed by atoms with E-state index in [0.717, 1.165) is 135 Å². The number of unbranched alkanes of at least 4 members (excludes halogenated alkanes) is 32. The second-order valence-electron chi connectivity index (χ2n) is 28.0. The van der Waals surface area contributed by atoms with Gasteiger partial charge in [-0.1, -0.05) is 364 Å². The minimum atomic E-state index is -4.41. The van der Waals surface area contributed by atoms with Crippen molar-refractivity contribution in [3.63, 3.8) is 0 Å². The van der Waals surface area contributed by atoms with Crippen molar-refractivity contribution >= 4 is 19.8 Å². The summed E-state index contributed by atoms with van der Waals surface area (Å²) in [6, 6.07) is 0. The molecule has 2 unspecified atom stereocenters. The molecule has 0 aromatic rings. The first-order valence-corrected chi connectivity index (χ1v) is 42.4. The number of quaternary nitrogens is 1. The third-order valence-electron chi connectivity index (χ3n) is 17.2. The Morgan fingerprint density at radius 1 is 0.310 bits per heavy atom. The first kappa shape index (κ1) is 95.4. The van der Waals surface area contributed by atoms with E-state index in [1.807, 2.05) is 21.1 Å². The molecule has 0 aliphatic heterocycles. The molecule has 0 radical (unpaired) electrons. The fourth-order valence-corrected chi connectivity index (χ4v) is 11.8. The number of rotatable bonds is 74. The summed E-state index contributed by atoms with van der Waals surface area (Å²) in [5.74, 6) is -0.807. The minimum Gasteiger partial charge on any atom is -0.462 e. The summed E-state index contributed by atoms with van der Waals surface area (Å²) in [5, 5.41) is 0. The molecule has 0 heterocycles. The zero-order valence-corrected chi connectivity index (χ0v) is 66.0. The highest BCUT2D eigenvalue weighted by molar-refractivity contribution is 7.47. The molecule has 9 nitrogen and oxygen atoms in total. The lowest BCUT2D eigenvalue weighted by atomic mass is 10.0. The standard InChI is InChI=1S/C90H152NO8P/c1-6-8-10-12-14-16-18-20-22-24-26-28-30-32-34-36-38-40-42-43-44-45-46-47-49-50-52-54-56-58-60-62-64-66-68-70-72-74-76-78-80-82-89(92)96-86-88(87-98-100(94,95)97-85-84-91(3,4)5)99-90(93)83-81-79-77-75-73-71-69-67-65-63-61-59-57-55-53-51-48-41-39-37-35-33-31-29-27-25-23-21-19-17-15-13-11-9-7-2/h8-11,14-17,20-23,26-29,32-35,39,41,51,53,57,59,63,65,88H,6-7,12-13,18-19,24-25,30-31,36-38,40,42-50,52,54-56,58,60-62,64,66-87H2,1-5H3/p+1/b10-8-,11-9-,16-14-,17-15-,22-20-,23-21-,28-26-,29-27-,34-32-,35-33-,41-39-,53-51-,59-57-,65-63-. The predicted octanol–water partition coefficient (Wildman–Crippen LogP) is 27.6. The van der Waals surface area contributed by atoms with Crippen LogP contribution in [0.3, 0.4) is 0 Å². The van der Waals surface area contributed by atoms with E-state index in [-0.39, 0.29) is 32.0 Å². The van der Waals surface area contributed by atoms with Gasteiger partial charge < -0.3 is 18.9 Å². The summed E-state index contributed by atoms with van der Waals surface area (Å²) in [6.07, 6.45) is 119. The van der Waals surface area contributed by atoms with E-state index in [1.54, 1.807) is 0 Å². The molecule has 100 heavy (non-hydrogen) atoms. The number of allylic oxidation sites excluding steroid dienone is 28. The maximum Gasteiger partial charge on any atom is 0.472 e. The molecule has 0 fully saturated rings. The van der Waals surface area contributed by atoms with Gasteiger partial charge >= 0.3 is 19.8 Å². The van der Waals surface area contributed by atoms with Crippen LogP contribution in [-0.4, -0.2) is 74.9 Å². The zero-order chi connectivity index (χ0) is 72.5. The number of hydrogen-bond donors (Lipinski definition) is 1. The molecular weight excluding hydrogens is 1250 g/mol. The lowest BCUT2D eigenvalue weighted by Gasteiger charge is -2.24. The fourth-order valence-electron chi connectivity index (χ4n) is 11.1. The van der Waals surface area contributed by atoms with Crippen LogP contribution < -0.4 is 0 Å². The number of hydrogen-bond acceptors (Lipinski definition) is 7. The Labute approximate surface area is 617 Å². The van der Waals surface area contributed by atoms with Crippen molar-refractivity contribution in [1.82, 2.24) is 0 Å². The average molecular weight is 1410 g/mol. The molecule has 0 aromatic heterocycles. The lowest BCUT2D eigenvalue weighted by molar-refractivity contribution is -0.870. The van der Waals surface area contributed by atoms with E-state index in [0.29, 0.717) is 17.4 Å². The number of esters is 2. The second kappa shape index (κ2) is 78.5. The summed E-state index contributed by atoms with van der Waals surface area (Å²) in [6.45, 7) is 4.21. The first-order valence-electron chi connectivity index (χ1n) is 40.9. The third-order valence-corrected chi connectivity index (χ3v) is 18.2. The van der Waals surface area contributed by atoms with Gasteiger partial charge in [0.15, 0.2) is 6.10 Å². The molecule has 0 aliphatic carbocycles. The van der Waals surface area contributed by atoms with Crippen LogP contribution in [0.2, 0.25) is 0 Å². The Morgan fingerprint density at radius 3 is 0.800 bits per heavy atom. The number of likely N-dealkylation sites (N-methyl/N-ethyl adjacent to an activating group) is 1. The largest absolute Gasteiger partial charge is 0.472 e. The van der Waals surface area contributed by atoms with Crippen molar-refractivity contribution < 1.29 is 42.1 Å². The van der Waals surface area contributed by atoms with Gasteiger partial charge in [-0.25, -0.2) is 4.57 Å². The van der Waals surface area contributed by atoms with Crippen molar-refractivity contribution in [1.29, 1.82) is 0 Å². The van der Waals surface area contributed by atoms with Crippen molar-refractivity contribution in [3.8, 4) is 0 Å². The predicted molar refractivity (Wildman–Crippen MR) is 436 cm³/mol. The van der Waals surface area contributed by atoms with Gasteiger partial charge in [0.25, 0.3) is 0 Å². The molecule has 0 spiro atoms. The molecule has 10 heteroatoms. The summed E-state index contributed by atoms with van der Waals surface area (Å²) in [5.41, 5.74) is 0. The topological polar surface area (TPSA) is 108 Å². The van der Waals surface area contributed by atoms with Crippen molar-refractivity contribution in [3.05, 3.63) is 170 Å². The molecule has 570 valence electrons. The fraction of sp³-hybridized carbons (Fsp3) is 0.667. The molecule has 2 atom stereocenters. The zero-order valence-electron chi connectivity index (χ0n) is 65.1. The number of ether oxygens (including phenoxy) is 2. The van der Waals surface area contributed by atoms with Gasteiger partial charge in [0.2, 0.25) is 0 Å². The smallest absolute Gasteiger partial charge is 0.462 e. The number of phosphoric ester groups is 1. The van der Waals surface area contributed by atoms with E-state index >= 15 is 0 Å². The van der Waals surface area contributed by atoms with E-state index in [4.69, 9.17) is 18.5 Å². The van der Waals surface area contributed by atoms with Crippen LogP contribution in [0.5, 0.6) is 0 Å². The molecular formula is C90H153NO8P+. The summed E-state index contributed by atoms with van der Waals surface area (Å²) >= 11 is 0. The quantitative estimate of drug-likeness (QED) is 0.0211. The van der Waals surface area contributed by atoms with Crippen LogP contribution in [-0.2, 0) is 32.7 Å². The summed E-state index contributed by atoms with van der Waals surface area (Å²) in [7, 11) is 1.46. The highest BCUT2D eigenvalue weighted by Crippen LogP contribution is 2.43. The molecule has 0 rings (SSSR count). The summed E-state index contributed by atoms with van der Waals surface area (Å²) in [4.78, 5) is 36.0. The van der Waals surface area contributed by atoms with Gasteiger partial charge in [-0.15, -0.1) is 0 Å². The van der Waals surface area contributed by atoms with Crippen LogP contribution >= 0.6 is 7.82 Å². The normalized spacial score (nSPS) is 13.9. The van der Waals surface area contributed by atoms with E-state index in [2.05, 4.69) is 184 Å². The number of carbonyl (C=O) groups excluding carboxylic acids is 2. The maximum atomic E-state index is 12.9. The molecule has 0 bridgehead atoms. The Kier molecular flexibility index (Phi) is 74.9. The Morgan fingerprint density at radius 2 is 0.540 bits per heavy atom. The van der Waals surface area contributed by atoms with E-state index in [1.165, 1.54) is 167 Å². The van der Waals surface area contributed by atoms with Crippen LogP contribution in [0, 0.1) is 0 Å². The number of phosphoric acid groups is 1. The van der Waals surface area contributed by atoms with Gasteiger partial charge in [-0.3, -0.25) is 18.6 Å². The van der Waals surface area contributed by atoms with E-state index < -0.39 is 26.5 Å². The molecule has 0 amide bonds. The van der Waals surface area contributed by atoms with Crippen LogP contribution in [0.15, 0.2) is 170 Å². The molecule has 1 N–H and O–H groups in total. The second-order valence-corrected chi connectivity index (χ2v) is 29.5. The molecule has 0 aromatic carbocycles. The van der Waals surface area contributed by atoms with E-state index in [9.17, 15) is 19.0 Å². The van der Waals surface area contributed by atoms with Crippen LogP contribution in [0.1, 0.15) is 335 Å². The number of carbonyl (C=O) groups is 2. The van der Waals surface area contributed by atoms with Gasteiger partial charge in [-0.2, -0.15) is 0 Å². The van der Waals surface area contributed by atoms with Crippen molar-refractivity contribution in [2.24, 2.45) is 0 Å². The average Bonchev–Trinajstić information content (AvgIpc) is 1.65. The molecule has 0 aliphatic rings. The third kappa shape index (κ3) is 82.3. The van der Waals surface area contributed by atoms with Crippen LogP contribution in [0.25, 0.3) is 0 Å². The Bertz CT molecular complexity index is 2300. The van der Waals surface area contributed by atoms with Gasteiger partial charge in [-0.05, 0) is 128 Å². The lowest BCUT2D eigenvalue weighted by Crippen LogP contribution is -2.37. The molecule has 0 saturated carbocycles. The highest BCUT2D eigenvalue weighted by Gasteiger charge is 2.27. The van der Waals surface area contributed by atoms with Gasteiger partial charge in [0.1, 0.15) is 19.8 Å². The number of nitrogens with zero attached hydrogens (tertiary/aromatic N) is 1.